The number of carboxylic acid groups (broad SMARTS) is 2. The molecule has 0 radical (unpaired) electrons. The summed E-state index contributed by atoms with van der Waals surface area (Å²) in [7, 11) is 0. The van der Waals surface area contributed by atoms with Crippen molar-refractivity contribution in [3.05, 3.63) is 53.1 Å². The summed E-state index contributed by atoms with van der Waals surface area (Å²) in [6.45, 7) is 0. The molecule has 0 amide bonds. The first-order chi connectivity index (χ1) is 9.00. The highest BCUT2D eigenvalue weighted by atomic mass is 16.4. The van der Waals surface area contributed by atoms with Crippen molar-refractivity contribution in [3.63, 3.8) is 0 Å². The molecule has 0 aliphatic heterocycles. The summed E-state index contributed by atoms with van der Waals surface area (Å²) in [5.74, 6) is -2.67. The summed E-state index contributed by atoms with van der Waals surface area (Å²) in [6, 6.07) is 6.14. The third kappa shape index (κ3) is 2.44. The predicted molar refractivity (Wildman–Crippen MR) is 66.7 cm³/mol. The summed E-state index contributed by atoms with van der Waals surface area (Å²) < 4.78 is 0. The van der Waals surface area contributed by atoms with Gasteiger partial charge in [0.25, 0.3) is 0 Å². The molecule has 0 saturated carbocycles. The minimum absolute atomic E-state index is 0.00144. The predicted octanol–water partition coefficient (Wildman–Crippen LogP) is 1.75. The lowest BCUT2D eigenvalue weighted by atomic mass is 9.89. The fourth-order valence-electron chi connectivity index (χ4n) is 1.90. The molecule has 0 unspecified atom stereocenters. The SMILES string of the molecule is O=C(O)C1=CC=C(c2ccccc2C(=O)O)C(=O)C1. The Bertz CT molecular complexity index is 637. The van der Waals surface area contributed by atoms with E-state index in [-0.39, 0.29) is 23.1 Å². The van der Waals surface area contributed by atoms with Crippen molar-refractivity contribution in [1.29, 1.82) is 0 Å². The molecule has 0 saturated heterocycles. The van der Waals surface area contributed by atoms with E-state index < -0.39 is 17.7 Å². The van der Waals surface area contributed by atoms with E-state index in [4.69, 9.17) is 10.2 Å². The molecule has 0 atom stereocenters. The third-order valence-corrected chi connectivity index (χ3v) is 2.82. The van der Waals surface area contributed by atoms with Crippen LogP contribution in [-0.2, 0) is 9.59 Å². The van der Waals surface area contributed by atoms with Gasteiger partial charge in [0.2, 0.25) is 0 Å². The lowest BCUT2D eigenvalue weighted by Gasteiger charge is -2.13. The van der Waals surface area contributed by atoms with Gasteiger partial charge in [-0.25, -0.2) is 9.59 Å². The summed E-state index contributed by atoms with van der Waals surface area (Å²) in [4.78, 5) is 33.8. The Morgan fingerprint density at radius 1 is 1.00 bits per heavy atom. The van der Waals surface area contributed by atoms with Gasteiger partial charge in [0.15, 0.2) is 5.78 Å². The van der Waals surface area contributed by atoms with E-state index in [0.29, 0.717) is 5.56 Å². The molecule has 1 aromatic rings. The molecule has 5 nitrogen and oxygen atoms in total. The van der Waals surface area contributed by atoms with E-state index in [1.165, 1.54) is 24.3 Å². The normalized spacial score (nSPS) is 14.6. The number of Topliss-reactive ketones (excluding diaryl/α,β-unsaturated/α-hetero) is 1. The molecule has 0 aromatic heterocycles. The van der Waals surface area contributed by atoms with Crippen LogP contribution < -0.4 is 0 Å². The lowest BCUT2D eigenvalue weighted by Crippen LogP contribution is -2.14. The highest BCUT2D eigenvalue weighted by Gasteiger charge is 2.23. The van der Waals surface area contributed by atoms with E-state index in [1.54, 1.807) is 12.1 Å². The van der Waals surface area contributed by atoms with Crippen molar-refractivity contribution in [1.82, 2.24) is 0 Å². The average Bonchev–Trinajstić information content (AvgIpc) is 2.38. The Labute approximate surface area is 108 Å². The van der Waals surface area contributed by atoms with Gasteiger partial charge in [-0.1, -0.05) is 30.4 Å². The summed E-state index contributed by atoms with van der Waals surface area (Å²) in [5.41, 5.74) is 0.555. The number of allylic oxidation sites excluding steroid dienone is 3. The van der Waals surface area contributed by atoms with Gasteiger partial charge in [-0.3, -0.25) is 4.79 Å². The first-order valence-electron chi connectivity index (χ1n) is 5.50. The van der Waals surface area contributed by atoms with Crippen molar-refractivity contribution in [3.8, 4) is 0 Å². The van der Waals surface area contributed by atoms with Crippen molar-refractivity contribution in [2.24, 2.45) is 0 Å². The quantitative estimate of drug-likeness (QED) is 0.861. The van der Waals surface area contributed by atoms with Crippen LogP contribution in [-0.4, -0.2) is 27.9 Å². The van der Waals surface area contributed by atoms with Crippen LogP contribution in [0.25, 0.3) is 5.57 Å². The largest absolute Gasteiger partial charge is 0.478 e. The van der Waals surface area contributed by atoms with E-state index in [1.807, 2.05) is 0 Å². The number of aliphatic carboxylic acids is 1. The fourth-order valence-corrected chi connectivity index (χ4v) is 1.90. The Morgan fingerprint density at radius 2 is 1.68 bits per heavy atom. The zero-order valence-electron chi connectivity index (χ0n) is 9.79. The number of aromatic carboxylic acids is 1. The van der Waals surface area contributed by atoms with Crippen LogP contribution in [0.3, 0.4) is 0 Å². The second-order valence-corrected chi connectivity index (χ2v) is 4.03. The standard InChI is InChI=1S/C14H10O5/c15-12-7-8(13(16)17)5-6-10(12)9-3-1-2-4-11(9)14(18)19/h1-6H,7H2,(H,16,17)(H,18,19). The first kappa shape index (κ1) is 12.8. The topological polar surface area (TPSA) is 91.7 Å². The first-order valence-corrected chi connectivity index (χ1v) is 5.50. The Hall–Kier alpha value is -2.69. The molecule has 1 aromatic carbocycles. The molecule has 5 heteroatoms. The molecule has 0 spiro atoms. The Kier molecular flexibility index (Phi) is 3.29. The van der Waals surface area contributed by atoms with Crippen LogP contribution in [0.5, 0.6) is 0 Å². The van der Waals surface area contributed by atoms with Gasteiger partial charge in [-0.2, -0.15) is 0 Å². The second-order valence-electron chi connectivity index (χ2n) is 4.03. The Morgan fingerprint density at radius 3 is 2.26 bits per heavy atom. The highest BCUT2D eigenvalue weighted by molar-refractivity contribution is 6.25. The van der Waals surface area contributed by atoms with Gasteiger partial charge in [-0.05, 0) is 11.6 Å². The number of benzene rings is 1. The number of carboxylic acids is 2. The molecule has 19 heavy (non-hydrogen) atoms. The van der Waals surface area contributed by atoms with Crippen molar-refractivity contribution < 1.29 is 24.6 Å². The van der Waals surface area contributed by atoms with Crippen LogP contribution >= 0.6 is 0 Å². The molecule has 2 rings (SSSR count). The van der Waals surface area contributed by atoms with E-state index in [0.717, 1.165) is 0 Å². The summed E-state index contributed by atoms with van der Waals surface area (Å²) in [5, 5.41) is 17.9. The highest BCUT2D eigenvalue weighted by Crippen LogP contribution is 2.26. The van der Waals surface area contributed by atoms with Crippen LogP contribution in [0, 0.1) is 0 Å². The molecule has 0 bridgehead atoms. The number of hydrogen-bond acceptors (Lipinski definition) is 3. The minimum atomic E-state index is -1.14. The maximum absolute atomic E-state index is 11.9. The average molecular weight is 258 g/mol. The van der Waals surface area contributed by atoms with Gasteiger partial charge in [-0.15, -0.1) is 0 Å². The van der Waals surface area contributed by atoms with Crippen LogP contribution in [0.4, 0.5) is 0 Å². The zero-order valence-corrected chi connectivity index (χ0v) is 9.79. The number of rotatable bonds is 3. The molecular formula is C14H10O5. The zero-order chi connectivity index (χ0) is 14.0. The number of carbonyl (C=O) groups is 3. The summed E-state index contributed by atoms with van der Waals surface area (Å²) in [6.07, 6.45) is 2.46. The molecule has 2 N–H and O–H groups in total. The van der Waals surface area contributed by atoms with Crippen LogP contribution in [0.2, 0.25) is 0 Å². The molecule has 0 fully saturated rings. The van der Waals surface area contributed by atoms with E-state index >= 15 is 0 Å². The Balaban J connectivity index is 2.51. The van der Waals surface area contributed by atoms with E-state index in [9.17, 15) is 14.4 Å². The van der Waals surface area contributed by atoms with Gasteiger partial charge >= 0.3 is 11.9 Å². The van der Waals surface area contributed by atoms with Crippen molar-refractivity contribution >= 4 is 23.3 Å². The fraction of sp³-hybridized carbons (Fsp3) is 0.0714. The van der Waals surface area contributed by atoms with Crippen molar-refractivity contribution in [2.75, 3.05) is 0 Å². The maximum Gasteiger partial charge on any atom is 0.336 e. The van der Waals surface area contributed by atoms with Gasteiger partial charge < -0.3 is 10.2 Å². The molecular weight excluding hydrogens is 248 g/mol. The number of hydrogen-bond donors (Lipinski definition) is 2. The lowest BCUT2D eigenvalue weighted by molar-refractivity contribution is -0.133. The monoisotopic (exact) mass is 258 g/mol. The smallest absolute Gasteiger partial charge is 0.336 e. The second kappa shape index (κ2) is 4.89. The molecule has 96 valence electrons. The van der Waals surface area contributed by atoms with Crippen LogP contribution in [0.15, 0.2) is 42.0 Å². The number of ketones is 1. The third-order valence-electron chi connectivity index (χ3n) is 2.82. The van der Waals surface area contributed by atoms with Crippen molar-refractivity contribution in [2.45, 2.75) is 6.42 Å². The van der Waals surface area contributed by atoms with Gasteiger partial charge in [0.05, 0.1) is 5.56 Å². The van der Waals surface area contributed by atoms with Gasteiger partial charge in [0, 0.05) is 17.6 Å². The van der Waals surface area contributed by atoms with Gasteiger partial charge in [0.1, 0.15) is 0 Å². The van der Waals surface area contributed by atoms with E-state index in [2.05, 4.69) is 0 Å². The summed E-state index contributed by atoms with van der Waals surface area (Å²) >= 11 is 0. The number of carbonyl (C=O) groups excluding carboxylic acids is 1. The van der Waals surface area contributed by atoms with Crippen LogP contribution in [0.1, 0.15) is 22.3 Å². The minimum Gasteiger partial charge on any atom is -0.478 e. The molecule has 1 aliphatic carbocycles. The molecule has 0 heterocycles. The maximum atomic E-state index is 11.9. The molecule has 1 aliphatic rings.